The molecule has 1 amide bonds. The van der Waals surface area contributed by atoms with Crippen molar-refractivity contribution in [3.8, 4) is 6.07 Å². The number of benzene rings is 1. The molecule has 0 atom stereocenters. The van der Waals surface area contributed by atoms with Crippen molar-refractivity contribution in [2.45, 2.75) is 13.8 Å². The van der Waals surface area contributed by atoms with Gasteiger partial charge < -0.3 is 10.2 Å². The smallest absolute Gasteiger partial charge is 0.239 e. The molecule has 130 valence electrons. The van der Waals surface area contributed by atoms with Gasteiger partial charge in [0.15, 0.2) is 0 Å². The van der Waals surface area contributed by atoms with Crippen molar-refractivity contribution >= 4 is 27.9 Å². The number of nitrogens with zero attached hydrogens (tertiary/aromatic N) is 3. The van der Waals surface area contributed by atoms with E-state index in [1.54, 1.807) is 6.07 Å². The van der Waals surface area contributed by atoms with Crippen molar-refractivity contribution in [1.82, 2.24) is 4.90 Å². The third-order valence-electron chi connectivity index (χ3n) is 4.69. The summed E-state index contributed by atoms with van der Waals surface area (Å²) >= 11 is 1.38. The van der Waals surface area contributed by atoms with Crippen LogP contribution in [-0.4, -0.2) is 43.5 Å². The van der Waals surface area contributed by atoms with Crippen LogP contribution in [0.5, 0.6) is 0 Å². The first-order valence-electron chi connectivity index (χ1n) is 8.39. The molecule has 0 saturated carbocycles. The number of nitrogens with one attached hydrogen (secondary N) is 1. The number of amides is 1. The minimum absolute atomic E-state index is 0.0564. The molecule has 5 nitrogen and oxygen atoms in total. The lowest BCUT2D eigenvalue weighted by Gasteiger charge is -2.36. The molecule has 0 unspecified atom stereocenters. The molecule has 1 fully saturated rings. The SMILES string of the molecule is Cc1cccc(N2CCN(CC(=O)Nc3sccc3C#N)CC2)c1C. The quantitative estimate of drug-likeness (QED) is 0.917. The van der Waals surface area contributed by atoms with Gasteiger partial charge in [0.1, 0.15) is 11.1 Å². The van der Waals surface area contributed by atoms with Crippen LogP contribution in [-0.2, 0) is 4.79 Å². The van der Waals surface area contributed by atoms with Gasteiger partial charge >= 0.3 is 0 Å². The predicted octanol–water partition coefficient (Wildman–Crippen LogP) is 3.00. The Morgan fingerprint density at radius 1 is 1.24 bits per heavy atom. The standard InChI is InChI=1S/C19H22N4OS/c1-14-4-3-5-17(15(14)2)23-9-7-22(8-10-23)13-18(24)21-19-16(12-20)6-11-25-19/h3-6,11H,7-10,13H2,1-2H3,(H,21,24). The molecular weight excluding hydrogens is 332 g/mol. The van der Waals surface area contributed by atoms with Crippen molar-refractivity contribution in [3.05, 3.63) is 46.3 Å². The van der Waals surface area contributed by atoms with E-state index in [9.17, 15) is 4.79 Å². The molecule has 1 N–H and O–H groups in total. The van der Waals surface area contributed by atoms with Crippen LogP contribution in [0.2, 0.25) is 0 Å². The molecule has 0 radical (unpaired) electrons. The monoisotopic (exact) mass is 354 g/mol. The molecular formula is C19H22N4OS. The molecule has 1 aromatic heterocycles. The number of piperazine rings is 1. The van der Waals surface area contributed by atoms with E-state index in [2.05, 4.69) is 53.2 Å². The number of rotatable bonds is 4. The number of thiophene rings is 1. The topological polar surface area (TPSA) is 59.4 Å². The third-order valence-corrected chi connectivity index (χ3v) is 5.52. The number of carbonyl (C=O) groups excluding carboxylic acids is 1. The maximum absolute atomic E-state index is 12.2. The molecule has 1 aliphatic heterocycles. The highest BCUT2D eigenvalue weighted by atomic mass is 32.1. The minimum Gasteiger partial charge on any atom is -0.369 e. The summed E-state index contributed by atoms with van der Waals surface area (Å²) in [5.74, 6) is -0.0564. The average Bonchev–Trinajstić information content (AvgIpc) is 3.05. The lowest BCUT2D eigenvalue weighted by molar-refractivity contribution is -0.117. The molecule has 25 heavy (non-hydrogen) atoms. The fraction of sp³-hybridized carbons (Fsp3) is 0.368. The minimum atomic E-state index is -0.0564. The summed E-state index contributed by atoms with van der Waals surface area (Å²) in [5, 5.41) is 14.3. The molecule has 2 aromatic rings. The Morgan fingerprint density at radius 2 is 2.00 bits per heavy atom. The summed E-state index contributed by atoms with van der Waals surface area (Å²) in [5.41, 5.74) is 4.46. The van der Waals surface area contributed by atoms with Crippen molar-refractivity contribution in [2.24, 2.45) is 0 Å². The van der Waals surface area contributed by atoms with E-state index in [0.29, 0.717) is 17.1 Å². The van der Waals surface area contributed by atoms with Gasteiger partial charge in [-0.1, -0.05) is 12.1 Å². The fourth-order valence-electron chi connectivity index (χ4n) is 3.09. The summed E-state index contributed by atoms with van der Waals surface area (Å²) in [4.78, 5) is 16.8. The summed E-state index contributed by atoms with van der Waals surface area (Å²) < 4.78 is 0. The number of anilines is 2. The third kappa shape index (κ3) is 4.01. The van der Waals surface area contributed by atoms with Crippen LogP contribution in [0.25, 0.3) is 0 Å². The molecule has 0 aliphatic carbocycles. The van der Waals surface area contributed by atoms with Crippen LogP contribution >= 0.6 is 11.3 Å². The summed E-state index contributed by atoms with van der Waals surface area (Å²) in [6.45, 7) is 8.22. The lowest BCUT2D eigenvalue weighted by atomic mass is 10.1. The van der Waals surface area contributed by atoms with Crippen LogP contribution in [0.3, 0.4) is 0 Å². The van der Waals surface area contributed by atoms with E-state index in [1.807, 2.05) is 5.38 Å². The molecule has 0 bridgehead atoms. The van der Waals surface area contributed by atoms with Crippen LogP contribution in [0.4, 0.5) is 10.7 Å². The number of hydrogen-bond acceptors (Lipinski definition) is 5. The van der Waals surface area contributed by atoms with Crippen LogP contribution in [0.15, 0.2) is 29.6 Å². The van der Waals surface area contributed by atoms with Crippen LogP contribution in [0.1, 0.15) is 16.7 Å². The molecule has 1 aliphatic rings. The van der Waals surface area contributed by atoms with E-state index in [4.69, 9.17) is 5.26 Å². The molecule has 2 heterocycles. The number of aryl methyl sites for hydroxylation is 1. The Balaban J connectivity index is 1.53. The number of nitriles is 1. The van der Waals surface area contributed by atoms with E-state index in [-0.39, 0.29) is 5.91 Å². The highest BCUT2D eigenvalue weighted by Crippen LogP contribution is 2.24. The van der Waals surface area contributed by atoms with Crippen LogP contribution in [0, 0.1) is 25.2 Å². The first-order chi connectivity index (χ1) is 12.1. The Hall–Kier alpha value is -2.36. The zero-order valence-electron chi connectivity index (χ0n) is 14.6. The summed E-state index contributed by atoms with van der Waals surface area (Å²) in [6.07, 6.45) is 0. The van der Waals surface area contributed by atoms with Gasteiger partial charge in [-0.05, 0) is 42.5 Å². The average molecular weight is 354 g/mol. The van der Waals surface area contributed by atoms with Crippen molar-refractivity contribution < 1.29 is 4.79 Å². The maximum atomic E-state index is 12.2. The highest BCUT2D eigenvalue weighted by molar-refractivity contribution is 7.14. The van der Waals surface area contributed by atoms with Crippen molar-refractivity contribution in [1.29, 1.82) is 5.26 Å². The second kappa shape index (κ2) is 7.68. The van der Waals surface area contributed by atoms with Gasteiger partial charge in [0, 0.05) is 31.9 Å². The number of hydrogen-bond donors (Lipinski definition) is 1. The summed E-state index contributed by atoms with van der Waals surface area (Å²) in [6, 6.07) is 10.2. The van der Waals surface area contributed by atoms with E-state index in [1.165, 1.54) is 28.2 Å². The Labute approximate surface area is 152 Å². The predicted molar refractivity (Wildman–Crippen MR) is 102 cm³/mol. The Morgan fingerprint density at radius 3 is 2.72 bits per heavy atom. The van der Waals surface area contributed by atoms with Gasteiger partial charge in [0.25, 0.3) is 0 Å². The molecule has 3 rings (SSSR count). The van der Waals surface area contributed by atoms with Gasteiger partial charge in [0.05, 0.1) is 12.1 Å². The van der Waals surface area contributed by atoms with Gasteiger partial charge in [0.2, 0.25) is 5.91 Å². The zero-order valence-corrected chi connectivity index (χ0v) is 15.4. The van der Waals surface area contributed by atoms with Crippen LogP contribution < -0.4 is 10.2 Å². The van der Waals surface area contributed by atoms with Gasteiger partial charge in [-0.15, -0.1) is 11.3 Å². The first kappa shape index (κ1) is 17.5. The molecule has 1 saturated heterocycles. The molecule has 6 heteroatoms. The Kier molecular flexibility index (Phi) is 5.37. The number of carbonyl (C=O) groups is 1. The fourth-order valence-corrected chi connectivity index (χ4v) is 3.84. The largest absolute Gasteiger partial charge is 0.369 e. The molecule has 1 aromatic carbocycles. The van der Waals surface area contributed by atoms with Crippen molar-refractivity contribution in [3.63, 3.8) is 0 Å². The normalized spacial score (nSPS) is 15.0. The Bertz CT molecular complexity index is 800. The molecule has 0 spiro atoms. The second-order valence-electron chi connectivity index (χ2n) is 6.31. The zero-order chi connectivity index (χ0) is 17.8. The second-order valence-corrected chi connectivity index (χ2v) is 7.22. The first-order valence-corrected chi connectivity index (χ1v) is 9.27. The van der Waals surface area contributed by atoms with E-state index < -0.39 is 0 Å². The highest BCUT2D eigenvalue weighted by Gasteiger charge is 2.21. The van der Waals surface area contributed by atoms with E-state index in [0.717, 1.165) is 26.2 Å². The van der Waals surface area contributed by atoms with Gasteiger partial charge in [-0.3, -0.25) is 9.69 Å². The van der Waals surface area contributed by atoms with Gasteiger partial charge in [-0.2, -0.15) is 5.26 Å². The summed E-state index contributed by atoms with van der Waals surface area (Å²) in [7, 11) is 0. The van der Waals surface area contributed by atoms with E-state index >= 15 is 0 Å². The lowest BCUT2D eigenvalue weighted by Crippen LogP contribution is -2.48. The maximum Gasteiger partial charge on any atom is 0.239 e. The van der Waals surface area contributed by atoms with Crippen molar-refractivity contribution in [2.75, 3.05) is 42.9 Å². The van der Waals surface area contributed by atoms with Gasteiger partial charge in [-0.25, -0.2) is 0 Å².